The SMILES string of the molecule is O=c1cc2c(nn1C1CCC(NCC3(O)CCCC3)CC1)CCCC2. The van der Waals surface area contributed by atoms with Crippen LogP contribution in [-0.2, 0) is 12.8 Å². The molecule has 2 N–H and O–H groups in total. The number of aromatic nitrogens is 2. The fourth-order valence-corrected chi connectivity index (χ4v) is 4.91. The summed E-state index contributed by atoms with van der Waals surface area (Å²) in [6, 6.07) is 2.54. The normalized spacial score (nSPS) is 28.7. The molecule has 4 rings (SSSR count). The average molecular weight is 345 g/mol. The van der Waals surface area contributed by atoms with Crippen LogP contribution in [0.5, 0.6) is 0 Å². The Hall–Kier alpha value is -1.20. The molecule has 1 heterocycles. The van der Waals surface area contributed by atoms with E-state index >= 15 is 0 Å². The van der Waals surface area contributed by atoms with Crippen molar-refractivity contribution in [1.29, 1.82) is 0 Å². The van der Waals surface area contributed by atoms with Crippen molar-refractivity contribution in [3.63, 3.8) is 0 Å². The van der Waals surface area contributed by atoms with E-state index < -0.39 is 5.60 Å². The van der Waals surface area contributed by atoms with Crippen LogP contribution in [0.15, 0.2) is 10.9 Å². The van der Waals surface area contributed by atoms with Crippen molar-refractivity contribution in [2.45, 2.75) is 94.7 Å². The zero-order chi connectivity index (χ0) is 17.3. The van der Waals surface area contributed by atoms with Gasteiger partial charge in [0, 0.05) is 18.7 Å². The number of fused-ring (bicyclic) bond motifs is 1. The lowest BCUT2D eigenvalue weighted by Crippen LogP contribution is -2.44. The van der Waals surface area contributed by atoms with Crippen molar-refractivity contribution >= 4 is 0 Å². The predicted molar refractivity (Wildman–Crippen MR) is 97.9 cm³/mol. The van der Waals surface area contributed by atoms with Crippen LogP contribution in [0, 0.1) is 0 Å². The van der Waals surface area contributed by atoms with Gasteiger partial charge in [-0.2, -0.15) is 5.10 Å². The number of aliphatic hydroxyl groups is 1. The molecule has 0 aromatic carbocycles. The van der Waals surface area contributed by atoms with Crippen molar-refractivity contribution in [3.05, 3.63) is 27.7 Å². The van der Waals surface area contributed by atoms with Crippen molar-refractivity contribution in [1.82, 2.24) is 15.1 Å². The summed E-state index contributed by atoms with van der Waals surface area (Å²) < 4.78 is 1.77. The summed E-state index contributed by atoms with van der Waals surface area (Å²) >= 11 is 0. The van der Waals surface area contributed by atoms with Crippen LogP contribution in [0.4, 0.5) is 0 Å². The fourth-order valence-electron chi connectivity index (χ4n) is 4.91. The maximum Gasteiger partial charge on any atom is 0.267 e. The van der Waals surface area contributed by atoms with Crippen LogP contribution in [0.25, 0.3) is 0 Å². The maximum absolute atomic E-state index is 12.5. The third-order valence-corrected chi connectivity index (χ3v) is 6.53. The highest BCUT2D eigenvalue weighted by atomic mass is 16.3. The highest BCUT2D eigenvalue weighted by Gasteiger charge is 2.32. The molecular weight excluding hydrogens is 314 g/mol. The Bertz CT molecular complexity index is 655. The van der Waals surface area contributed by atoms with E-state index in [2.05, 4.69) is 5.32 Å². The van der Waals surface area contributed by atoms with E-state index in [-0.39, 0.29) is 11.6 Å². The second kappa shape index (κ2) is 7.20. The second-order valence-corrected chi connectivity index (χ2v) is 8.42. The van der Waals surface area contributed by atoms with Gasteiger partial charge in [0.15, 0.2) is 0 Å². The van der Waals surface area contributed by atoms with Gasteiger partial charge in [-0.3, -0.25) is 4.79 Å². The topological polar surface area (TPSA) is 67.2 Å². The molecule has 3 aliphatic carbocycles. The molecule has 0 unspecified atom stereocenters. The van der Waals surface area contributed by atoms with E-state index in [0.717, 1.165) is 76.4 Å². The van der Waals surface area contributed by atoms with E-state index in [0.29, 0.717) is 6.04 Å². The van der Waals surface area contributed by atoms with Gasteiger partial charge in [0.05, 0.1) is 17.3 Å². The quantitative estimate of drug-likeness (QED) is 0.880. The smallest absolute Gasteiger partial charge is 0.267 e. The largest absolute Gasteiger partial charge is 0.389 e. The maximum atomic E-state index is 12.5. The minimum atomic E-state index is -0.478. The molecule has 0 spiro atoms. The van der Waals surface area contributed by atoms with Crippen LogP contribution in [-0.4, -0.2) is 33.1 Å². The molecule has 3 aliphatic rings. The Kier molecular flexibility index (Phi) is 4.96. The molecule has 1 aromatic heterocycles. The standard InChI is InChI=1S/C20H31N3O2/c24-19-13-15-5-1-2-6-18(15)22-23(19)17-9-7-16(8-10-17)21-14-20(25)11-3-4-12-20/h13,16-17,21,25H,1-12,14H2. The van der Waals surface area contributed by atoms with Crippen molar-refractivity contribution in [2.24, 2.45) is 0 Å². The van der Waals surface area contributed by atoms with Gasteiger partial charge in [-0.05, 0) is 69.8 Å². The first-order valence-electron chi connectivity index (χ1n) is 10.2. The van der Waals surface area contributed by atoms with Gasteiger partial charge in [-0.25, -0.2) is 4.68 Å². The monoisotopic (exact) mass is 345 g/mol. The summed E-state index contributed by atoms with van der Waals surface area (Å²) in [7, 11) is 0. The second-order valence-electron chi connectivity index (χ2n) is 8.42. The van der Waals surface area contributed by atoms with E-state index in [1.807, 2.05) is 6.07 Å². The lowest BCUT2D eigenvalue weighted by Gasteiger charge is -2.32. The van der Waals surface area contributed by atoms with Crippen LogP contribution in [0.2, 0.25) is 0 Å². The van der Waals surface area contributed by atoms with Crippen LogP contribution in [0.1, 0.15) is 81.5 Å². The predicted octanol–water partition coefficient (Wildman–Crippen LogP) is 2.50. The third kappa shape index (κ3) is 3.82. The number of hydrogen-bond donors (Lipinski definition) is 2. The molecule has 0 bridgehead atoms. The molecule has 5 heteroatoms. The number of nitrogens with one attached hydrogen (secondary N) is 1. The van der Waals surface area contributed by atoms with Gasteiger partial charge < -0.3 is 10.4 Å². The van der Waals surface area contributed by atoms with Gasteiger partial charge in [0.1, 0.15) is 0 Å². The van der Waals surface area contributed by atoms with E-state index in [1.165, 1.54) is 18.4 Å². The van der Waals surface area contributed by atoms with Gasteiger partial charge in [0.2, 0.25) is 0 Å². The first-order chi connectivity index (χ1) is 12.1. The Labute approximate surface area is 149 Å². The van der Waals surface area contributed by atoms with Crippen molar-refractivity contribution in [3.8, 4) is 0 Å². The summed E-state index contributed by atoms with van der Waals surface area (Å²) in [6.07, 6.45) is 12.7. The zero-order valence-corrected chi connectivity index (χ0v) is 15.2. The number of nitrogens with zero attached hydrogens (tertiary/aromatic N) is 2. The first-order valence-corrected chi connectivity index (χ1v) is 10.2. The molecule has 0 atom stereocenters. The molecule has 2 saturated carbocycles. The minimum Gasteiger partial charge on any atom is -0.389 e. The molecule has 138 valence electrons. The van der Waals surface area contributed by atoms with E-state index in [9.17, 15) is 9.90 Å². The number of aryl methyl sites for hydroxylation is 2. The minimum absolute atomic E-state index is 0.0809. The lowest BCUT2D eigenvalue weighted by atomic mass is 9.90. The average Bonchev–Trinajstić information content (AvgIpc) is 3.07. The summed E-state index contributed by atoms with van der Waals surface area (Å²) in [4.78, 5) is 12.5. The van der Waals surface area contributed by atoms with Crippen molar-refractivity contribution < 1.29 is 5.11 Å². The Morgan fingerprint density at radius 2 is 1.84 bits per heavy atom. The summed E-state index contributed by atoms with van der Waals surface area (Å²) in [5, 5.41) is 18.8. The highest BCUT2D eigenvalue weighted by Crippen LogP contribution is 2.31. The molecule has 0 amide bonds. The first kappa shape index (κ1) is 17.2. The number of rotatable bonds is 4. The molecule has 2 fully saturated rings. The molecule has 25 heavy (non-hydrogen) atoms. The number of hydrogen-bond acceptors (Lipinski definition) is 4. The fraction of sp³-hybridized carbons (Fsp3) is 0.800. The van der Waals surface area contributed by atoms with Gasteiger partial charge >= 0.3 is 0 Å². The summed E-state index contributed by atoms with van der Waals surface area (Å²) in [5.74, 6) is 0. The molecule has 0 saturated heterocycles. The van der Waals surface area contributed by atoms with Gasteiger partial charge in [-0.15, -0.1) is 0 Å². The Morgan fingerprint density at radius 3 is 2.60 bits per heavy atom. The Morgan fingerprint density at radius 1 is 1.12 bits per heavy atom. The van der Waals surface area contributed by atoms with Crippen LogP contribution in [0.3, 0.4) is 0 Å². The molecular formula is C20H31N3O2. The molecule has 5 nitrogen and oxygen atoms in total. The van der Waals surface area contributed by atoms with E-state index in [1.54, 1.807) is 4.68 Å². The van der Waals surface area contributed by atoms with Crippen LogP contribution >= 0.6 is 0 Å². The lowest BCUT2D eigenvalue weighted by molar-refractivity contribution is 0.0427. The highest BCUT2D eigenvalue weighted by molar-refractivity contribution is 5.20. The Balaban J connectivity index is 1.35. The van der Waals surface area contributed by atoms with Gasteiger partial charge in [-0.1, -0.05) is 12.8 Å². The summed E-state index contributed by atoms with van der Waals surface area (Å²) in [5.41, 5.74) is 1.92. The zero-order valence-electron chi connectivity index (χ0n) is 15.2. The van der Waals surface area contributed by atoms with Crippen molar-refractivity contribution in [2.75, 3.05) is 6.54 Å². The van der Waals surface area contributed by atoms with Gasteiger partial charge in [0.25, 0.3) is 5.56 Å². The third-order valence-electron chi connectivity index (χ3n) is 6.53. The van der Waals surface area contributed by atoms with Crippen LogP contribution < -0.4 is 10.9 Å². The molecule has 0 radical (unpaired) electrons. The molecule has 0 aliphatic heterocycles. The molecule has 1 aromatic rings. The summed E-state index contributed by atoms with van der Waals surface area (Å²) in [6.45, 7) is 0.722. The van der Waals surface area contributed by atoms with E-state index in [4.69, 9.17) is 5.10 Å².